The van der Waals surface area contributed by atoms with Crippen molar-refractivity contribution in [3.63, 3.8) is 0 Å². The first-order valence-electron chi connectivity index (χ1n) is 16.7. The molecule has 0 aliphatic heterocycles. The zero-order valence-electron chi connectivity index (χ0n) is 27.9. The van der Waals surface area contributed by atoms with Crippen molar-refractivity contribution in [1.29, 1.82) is 0 Å². The minimum absolute atomic E-state index is 0.0227. The van der Waals surface area contributed by atoms with Crippen molar-refractivity contribution in [3.05, 3.63) is 85.0 Å². The molecule has 10 heteroatoms. The minimum atomic E-state index is -0.662. The number of hydrogen-bond donors (Lipinski definition) is 0. The van der Waals surface area contributed by atoms with Gasteiger partial charge in [0, 0.05) is 31.6 Å². The molecule has 0 aromatic heterocycles. The van der Waals surface area contributed by atoms with E-state index in [-0.39, 0.29) is 32.8 Å². The lowest BCUT2D eigenvalue weighted by Crippen LogP contribution is -2.27. The Hall–Kier alpha value is -4.44. The van der Waals surface area contributed by atoms with Gasteiger partial charge in [-0.05, 0) is 79.5 Å². The number of carbonyl (C=O) groups excluding carboxylic acids is 4. The average Bonchev–Trinajstić information content (AvgIpc) is 3.10. The summed E-state index contributed by atoms with van der Waals surface area (Å²) in [7, 11) is 0. The van der Waals surface area contributed by atoms with Crippen LogP contribution >= 0.6 is 0 Å². The van der Waals surface area contributed by atoms with Crippen molar-refractivity contribution in [2.24, 2.45) is 5.92 Å². The second kappa shape index (κ2) is 21.4. The summed E-state index contributed by atoms with van der Waals surface area (Å²) in [5, 5.41) is 0. The highest BCUT2D eigenvalue weighted by atomic mass is 16.6. The molecule has 0 radical (unpaired) electrons. The van der Waals surface area contributed by atoms with Crippen LogP contribution in [0.2, 0.25) is 0 Å². The molecule has 0 N–H and O–H groups in total. The molecule has 0 amide bonds. The van der Waals surface area contributed by atoms with Gasteiger partial charge in [-0.25, -0.2) is 14.4 Å². The molecular weight excluding hydrogens is 616 g/mol. The van der Waals surface area contributed by atoms with E-state index >= 15 is 0 Å². The lowest BCUT2D eigenvalue weighted by Gasteiger charge is -2.28. The van der Waals surface area contributed by atoms with Crippen LogP contribution in [-0.4, -0.2) is 63.0 Å². The number of esters is 4. The molecule has 1 atom stereocenters. The zero-order chi connectivity index (χ0) is 34.6. The Balaban J connectivity index is 1.46. The van der Waals surface area contributed by atoms with Gasteiger partial charge in [0.05, 0.1) is 25.2 Å². The summed E-state index contributed by atoms with van der Waals surface area (Å²) in [6, 6.07) is 14.3. The highest BCUT2D eigenvalue weighted by molar-refractivity contribution is 5.91. The normalized spacial score (nSPS) is 16.2. The van der Waals surface area contributed by atoms with Crippen molar-refractivity contribution in [2.75, 3.05) is 33.0 Å². The van der Waals surface area contributed by atoms with E-state index in [0.717, 1.165) is 18.1 Å². The summed E-state index contributed by atoms with van der Waals surface area (Å²) < 4.78 is 32.3. The predicted molar refractivity (Wildman–Crippen MR) is 180 cm³/mol. The molecule has 3 rings (SSSR count). The van der Waals surface area contributed by atoms with Crippen LogP contribution in [0, 0.1) is 5.92 Å². The Morgan fingerprint density at radius 1 is 0.812 bits per heavy atom. The van der Waals surface area contributed by atoms with Gasteiger partial charge in [0.2, 0.25) is 0 Å². The summed E-state index contributed by atoms with van der Waals surface area (Å²) >= 11 is 0. The molecule has 0 heterocycles. The van der Waals surface area contributed by atoms with Crippen LogP contribution in [0.1, 0.15) is 86.6 Å². The van der Waals surface area contributed by atoms with Crippen molar-refractivity contribution >= 4 is 23.9 Å². The summed E-state index contributed by atoms with van der Waals surface area (Å²) in [5.41, 5.74) is 1.66. The Morgan fingerprint density at radius 2 is 1.46 bits per heavy atom. The Labute approximate surface area is 283 Å². The largest absolute Gasteiger partial charge is 0.490 e. The van der Waals surface area contributed by atoms with Gasteiger partial charge in [-0.2, -0.15) is 0 Å². The number of benzene rings is 2. The Bertz CT molecular complexity index is 1310. The molecule has 1 saturated carbocycles. The molecule has 48 heavy (non-hydrogen) atoms. The monoisotopic (exact) mass is 664 g/mol. The molecule has 1 aliphatic carbocycles. The third-order valence-corrected chi connectivity index (χ3v) is 8.08. The van der Waals surface area contributed by atoms with Crippen LogP contribution in [-0.2, 0) is 33.3 Å². The third-order valence-electron chi connectivity index (χ3n) is 8.08. The lowest BCUT2D eigenvalue weighted by molar-refractivity contribution is -0.154. The van der Waals surface area contributed by atoms with Gasteiger partial charge < -0.3 is 28.4 Å². The van der Waals surface area contributed by atoms with Crippen LogP contribution in [0.25, 0.3) is 0 Å². The highest BCUT2D eigenvalue weighted by Crippen LogP contribution is 2.37. The number of carbonyl (C=O) groups is 4. The minimum Gasteiger partial charge on any atom is -0.490 e. The third kappa shape index (κ3) is 14.1. The molecular formula is C38H48O10. The second-order valence-electron chi connectivity index (χ2n) is 11.7. The molecule has 1 aliphatic rings. The van der Waals surface area contributed by atoms with Crippen LogP contribution in [0.4, 0.5) is 0 Å². The van der Waals surface area contributed by atoms with Crippen LogP contribution in [0.15, 0.2) is 73.8 Å². The molecule has 1 fully saturated rings. The van der Waals surface area contributed by atoms with Crippen LogP contribution < -0.4 is 9.47 Å². The van der Waals surface area contributed by atoms with E-state index in [9.17, 15) is 19.2 Å². The average molecular weight is 665 g/mol. The zero-order valence-corrected chi connectivity index (χ0v) is 27.9. The summed E-state index contributed by atoms with van der Waals surface area (Å²) in [6.07, 6.45) is 9.67. The maximum atomic E-state index is 12.8. The van der Waals surface area contributed by atoms with E-state index in [0.29, 0.717) is 42.4 Å². The standard InChI is InChI=1S/C38H48O10/c1-4-8-28-9-11-29(12-10-28)30-13-19-33(20-14-30)48-38(42)31-15-17-32(18-16-31)46-27-34(47-37(41)22-26-45-36(40)6-3)21-25-43-23-7-24-44-35(39)5-2/h5-6,13-20,28-29,34H,2-4,7-12,21-27H2,1H3. The van der Waals surface area contributed by atoms with Crippen molar-refractivity contribution in [1.82, 2.24) is 0 Å². The predicted octanol–water partition coefficient (Wildman–Crippen LogP) is 6.92. The van der Waals surface area contributed by atoms with Crippen LogP contribution in [0.5, 0.6) is 11.5 Å². The Kier molecular flexibility index (Phi) is 17.0. The fraction of sp³-hybridized carbons (Fsp3) is 0.474. The van der Waals surface area contributed by atoms with Crippen molar-refractivity contribution in [3.8, 4) is 11.5 Å². The molecule has 1 unspecified atom stereocenters. The molecule has 10 nitrogen and oxygen atoms in total. The van der Waals surface area contributed by atoms with Gasteiger partial charge in [0.15, 0.2) is 0 Å². The summed E-state index contributed by atoms with van der Waals surface area (Å²) in [4.78, 5) is 47.5. The lowest BCUT2D eigenvalue weighted by atomic mass is 9.77. The molecule has 0 spiro atoms. The van der Waals surface area contributed by atoms with Crippen molar-refractivity contribution in [2.45, 2.75) is 76.7 Å². The molecule has 2 aromatic carbocycles. The molecule has 0 bridgehead atoms. The number of rotatable bonds is 21. The van der Waals surface area contributed by atoms with E-state index < -0.39 is 30.0 Å². The highest BCUT2D eigenvalue weighted by Gasteiger charge is 2.22. The van der Waals surface area contributed by atoms with Gasteiger partial charge in [-0.3, -0.25) is 4.79 Å². The van der Waals surface area contributed by atoms with E-state index in [1.807, 2.05) is 12.1 Å². The Morgan fingerprint density at radius 3 is 2.10 bits per heavy atom. The fourth-order valence-corrected chi connectivity index (χ4v) is 5.47. The van der Waals surface area contributed by atoms with E-state index in [1.54, 1.807) is 24.3 Å². The SMILES string of the molecule is C=CC(=O)OCCCOCCC(COc1ccc(C(=O)Oc2ccc(C3CCC(CCC)CC3)cc2)cc1)OC(=O)CCOC(=O)C=C. The summed E-state index contributed by atoms with van der Waals surface area (Å²) in [5.74, 6) is 0.208. The van der Waals surface area contributed by atoms with Gasteiger partial charge in [0.25, 0.3) is 0 Å². The van der Waals surface area contributed by atoms with Gasteiger partial charge >= 0.3 is 23.9 Å². The second-order valence-corrected chi connectivity index (χ2v) is 11.7. The molecule has 0 saturated heterocycles. The van der Waals surface area contributed by atoms with Gasteiger partial charge in [-0.15, -0.1) is 0 Å². The van der Waals surface area contributed by atoms with Crippen molar-refractivity contribution < 1.29 is 47.6 Å². The van der Waals surface area contributed by atoms with Crippen LogP contribution in [0.3, 0.4) is 0 Å². The maximum Gasteiger partial charge on any atom is 0.343 e. The quantitative estimate of drug-likeness (QED) is 0.0457. The molecule has 260 valence electrons. The maximum absolute atomic E-state index is 12.8. The molecule has 2 aromatic rings. The van der Waals surface area contributed by atoms with E-state index in [4.69, 9.17) is 28.4 Å². The van der Waals surface area contributed by atoms with Gasteiger partial charge in [0.1, 0.15) is 30.8 Å². The number of hydrogen-bond acceptors (Lipinski definition) is 10. The van der Waals surface area contributed by atoms with E-state index in [2.05, 4.69) is 32.2 Å². The summed E-state index contributed by atoms with van der Waals surface area (Å²) in [6.45, 7) is 9.59. The first kappa shape index (κ1) is 38.0. The first-order valence-corrected chi connectivity index (χ1v) is 16.7. The van der Waals surface area contributed by atoms with Gasteiger partial charge in [-0.1, -0.05) is 45.1 Å². The first-order chi connectivity index (χ1) is 23.3. The fourth-order valence-electron chi connectivity index (χ4n) is 5.47. The van der Waals surface area contributed by atoms with E-state index in [1.165, 1.54) is 44.1 Å². The smallest absolute Gasteiger partial charge is 0.343 e. The number of ether oxygens (including phenoxy) is 6. The topological polar surface area (TPSA) is 124 Å².